The number of carbonyl (C=O) groups excluding carboxylic acids is 3. The van der Waals surface area contributed by atoms with E-state index in [4.69, 9.17) is 0 Å². The Morgan fingerprint density at radius 3 is 2.68 bits per heavy atom. The Labute approximate surface area is 164 Å². The van der Waals surface area contributed by atoms with Crippen molar-refractivity contribution in [2.75, 3.05) is 11.4 Å². The first-order valence-corrected chi connectivity index (χ1v) is 9.87. The van der Waals surface area contributed by atoms with E-state index in [0.29, 0.717) is 49.9 Å². The van der Waals surface area contributed by atoms with E-state index >= 15 is 0 Å². The second-order valence-corrected chi connectivity index (χ2v) is 8.12. The topological polar surface area (TPSA) is 93.5 Å². The molecule has 1 saturated carbocycles. The van der Waals surface area contributed by atoms with Crippen molar-refractivity contribution in [3.05, 3.63) is 29.8 Å². The molecule has 2 fully saturated rings. The summed E-state index contributed by atoms with van der Waals surface area (Å²) in [6.45, 7) is 2.31. The molecule has 146 valence electrons. The predicted octanol–water partition coefficient (Wildman–Crippen LogP) is 2.33. The number of anilines is 1. The maximum atomic E-state index is 13.1. The normalized spacial score (nSPS) is 24.9. The number of hydrogen-bond acceptors (Lipinski definition) is 4. The number of rotatable bonds is 5. The van der Waals surface area contributed by atoms with Gasteiger partial charge in [-0.2, -0.15) is 5.26 Å². The zero-order valence-corrected chi connectivity index (χ0v) is 16.0. The fourth-order valence-electron chi connectivity index (χ4n) is 4.56. The Hall–Kier alpha value is -2.88. The van der Waals surface area contributed by atoms with Crippen LogP contribution in [0.15, 0.2) is 24.3 Å². The maximum Gasteiger partial charge on any atom is 0.257 e. The number of para-hydroxylation sites is 1. The van der Waals surface area contributed by atoms with E-state index in [0.717, 1.165) is 6.42 Å². The Morgan fingerprint density at radius 1 is 1.25 bits per heavy atom. The van der Waals surface area contributed by atoms with Gasteiger partial charge in [-0.05, 0) is 51.2 Å². The van der Waals surface area contributed by atoms with Crippen molar-refractivity contribution in [1.29, 1.82) is 5.26 Å². The summed E-state index contributed by atoms with van der Waals surface area (Å²) in [4.78, 5) is 41.4. The number of fused-ring (bicyclic) bond motifs is 3. The summed E-state index contributed by atoms with van der Waals surface area (Å²) in [5.41, 5.74) is -0.191. The van der Waals surface area contributed by atoms with Crippen LogP contribution in [0.4, 0.5) is 5.69 Å². The van der Waals surface area contributed by atoms with E-state index in [9.17, 15) is 19.6 Å². The standard InChI is InChI=1S/C21H24N4O3/c1-20-12-9-18(27)25(20)16-7-3-2-6-15(16)19(28)24(20)13-4-8-17(26)23-21(14-22)10-5-11-21/h2-3,6-7H,4-5,8-13H2,1H3,(H,23,26). The molecule has 1 unspecified atom stereocenters. The second-order valence-electron chi connectivity index (χ2n) is 8.12. The molecule has 1 N–H and O–H groups in total. The number of amides is 3. The maximum absolute atomic E-state index is 13.1. The molecular formula is C21H24N4O3. The van der Waals surface area contributed by atoms with Crippen molar-refractivity contribution in [3.8, 4) is 6.07 Å². The van der Waals surface area contributed by atoms with Crippen molar-refractivity contribution in [2.24, 2.45) is 0 Å². The largest absolute Gasteiger partial charge is 0.338 e. The zero-order chi connectivity index (χ0) is 19.9. The van der Waals surface area contributed by atoms with Crippen LogP contribution in [0.25, 0.3) is 0 Å². The molecule has 0 radical (unpaired) electrons. The number of nitrogens with one attached hydrogen (secondary N) is 1. The molecular weight excluding hydrogens is 356 g/mol. The Bertz CT molecular complexity index is 886. The van der Waals surface area contributed by atoms with Gasteiger partial charge in [-0.1, -0.05) is 12.1 Å². The number of carbonyl (C=O) groups is 3. The van der Waals surface area contributed by atoms with Crippen LogP contribution in [0.3, 0.4) is 0 Å². The highest BCUT2D eigenvalue weighted by Gasteiger charge is 2.52. The highest BCUT2D eigenvalue weighted by molar-refractivity contribution is 6.10. The molecule has 1 aromatic rings. The van der Waals surface area contributed by atoms with Gasteiger partial charge in [-0.25, -0.2) is 0 Å². The summed E-state index contributed by atoms with van der Waals surface area (Å²) >= 11 is 0. The van der Waals surface area contributed by atoms with Gasteiger partial charge in [-0.15, -0.1) is 0 Å². The minimum atomic E-state index is -0.697. The van der Waals surface area contributed by atoms with Crippen molar-refractivity contribution >= 4 is 23.4 Å². The SMILES string of the molecule is CC12CCC(=O)N1c1ccccc1C(=O)N2CCCC(=O)NC1(C#N)CCC1. The van der Waals surface area contributed by atoms with E-state index in [1.54, 1.807) is 21.9 Å². The van der Waals surface area contributed by atoms with Gasteiger partial charge in [0.2, 0.25) is 11.8 Å². The first kappa shape index (κ1) is 18.5. The molecule has 1 saturated heterocycles. The molecule has 1 atom stereocenters. The van der Waals surface area contributed by atoms with Crippen molar-refractivity contribution in [3.63, 3.8) is 0 Å². The van der Waals surface area contributed by atoms with E-state index < -0.39 is 11.2 Å². The minimum absolute atomic E-state index is 0.0196. The summed E-state index contributed by atoms with van der Waals surface area (Å²) in [6.07, 6.45) is 4.07. The van der Waals surface area contributed by atoms with Gasteiger partial charge in [0.25, 0.3) is 5.91 Å². The van der Waals surface area contributed by atoms with E-state index in [-0.39, 0.29) is 24.1 Å². The molecule has 7 heteroatoms. The lowest BCUT2D eigenvalue weighted by Crippen LogP contribution is -2.62. The number of benzene rings is 1. The summed E-state index contributed by atoms with van der Waals surface area (Å²) in [7, 11) is 0. The average Bonchev–Trinajstić information content (AvgIpc) is 2.96. The minimum Gasteiger partial charge on any atom is -0.338 e. The molecule has 3 aliphatic rings. The Morgan fingerprint density at radius 2 is 2.00 bits per heavy atom. The summed E-state index contributed by atoms with van der Waals surface area (Å²) < 4.78 is 0. The molecule has 28 heavy (non-hydrogen) atoms. The van der Waals surface area contributed by atoms with E-state index in [1.807, 2.05) is 19.1 Å². The van der Waals surface area contributed by atoms with Gasteiger partial charge in [-0.3, -0.25) is 19.3 Å². The van der Waals surface area contributed by atoms with Crippen molar-refractivity contribution in [2.45, 2.75) is 63.1 Å². The molecule has 1 aliphatic carbocycles. The smallest absolute Gasteiger partial charge is 0.257 e. The van der Waals surface area contributed by atoms with Crippen LogP contribution >= 0.6 is 0 Å². The third kappa shape index (κ3) is 2.75. The first-order valence-electron chi connectivity index (χ1n) is 9.87. The van der Waals surface area contributed by atoms with Gasteiger partial charge in [0, 0.05) is 19.4 Å². The highest BCUT2D eigenvalue weighted by Crippen LogP contribution is 2.44. The van der Waals surface area contributed by atoms with Gasteiger partial charge in [0.05, 0.1) is 17.3 Å². The molecule has 0 spiro atoms. The van der Waals surface area contributed by atoms with Crippen LogP contribution in [-0.4, -0.2) is 40.4 Å². The van der Waals surface area contributed by atoms with Gasteiger partial charge >= 0.3 is 0 Å². The predicted molar refractivity (Wildman–Crippen MR) is 102 cm³/mol. The molecule has 7 nitrogen and oxygen atoms in total. The first-order chi connectivity index (χ1) is 13.4. The van der Waals surface area contributed by atoms with Gasteiger partial charge < -0.3 is 10.2 Å². The molecule has 3 amide bonds. The summed E-state index contributed by atoms with van der Waals surface area (Å²) in [5.74, 6) is -0.237. The number of hydrogen-bond donors (Lipinski definition) is 1. The van der Waals surface area contributed by atoms with Crippen LogP contribution in [0.2, 0.25) is 0 Å². The molecule has 2 aliphatic heterocycles. The van der Waals surface area contributed by atoms with E-state index in [1.165, 1.54) is 0 Å². The van der Waals surface area contributed by atoms with Gasteiger partial charge in [0.1, 0.15) is 11.2 Å². The van der Waals surface area contributed by atoms with Crippen molar-refractivity contribution < 1.29 is 14.4 Å². The lowest BCUT2D eigenvalue weighted by Gasteiger charge is -2.48. The Balaban J connectivity index is 1.47. The highest BCUT2D eigenvalue weighted by atomic mass is 16.2. The van der Waals surface area contributed by atoms with E-state index in [2.05, 4.69) is 11.4 Å². The fraction of sp³-hybridized carbons (Fsp3) is 0.524. The molecule has 2 heterocycles. The molecule has 1 aromatic carbocycles. The third-order valence-corrected chi connectivity index (χ3v) is 6.33. The fourth-order valence-corrected chi connectivity index (χ4v) is 4.56. The van der Waals surface area contributed by atoms with Gasteiger partial charge in [0.15, 0.2) is 0 Å². The van der Waals surface area contributed by atoms with Crippen LogP contribution in [-0.2, 0) is 9.59 Å². The lowest BCUT2D eigenvalue weighted by molar-refractivity contribution is -0.123. The number of nitrogens with zero attached hydrogens (tertiary/aromatic N) is 3. The Kier molecular flexibility index (Phi) is 4.37. The molecule has 0 bridgehead atoms. The monoisotopic (exact) mass is 380 g/mol. The van der Waals surface area contributed by atoms with Crippen LogP contribution in [0.5, 0.6) is 0 Å². The molecule has 4 rings (SSSR count). The number of nitriles is 1. The quantitative estimate of drug-likeness (QED) is 0.848. The van der Waals surface area contributed by atoms with Crippen LogP contribution < -0.4 is 10.2 Å². The van der Waals surface area contributed by atoms with Crippen LogP contribution in [0.1, 0.15) is 62.2 Å². The van der Waals surface area contributed by atoms with Crippen molar-refractivity contribution in [1.82, 2.24) is 10.2 Å². The zero-order valence-electron chi connectivity index (χ0n) is 16.0. The molecule has 0 aromatic heterocycles. The summed E-state index contributed by atoms with van der Waals surface area (Å²) in [6, 6.07) is 9.40. The lowest BCUT2D eigenvalue weighted by atomic mass is 9.78. The summed E-state index contributed by atoms with van der Waals surface area (Å²) in [5, 5.41) is 12.1. The third-order valence-electron chi connectivity index (χ3n) is 6.33. The average molecular weight is 380 g/mol. The van der Waals surface area contributed by atoms with Crippen LogP contribution in [0, 0.1) is 11.3 Å². The second kappa shape index (κ2) is 6.62.